The summed E-state index contributed by atoms with van der Waals surface area (Å²) in [6.07, 6.45) is 0.402. The Balaban J connectivity index is 1.84. The van der Waals surface area contributed by atoms with Crippen molar-refractivity contribution < 1.29 is 14.3 Å². The Labute approximate surface area is 152 Å². The van der Waals surface area contributed by atoms with Crippen LogP contribution in [0.25, 0.3) is 11.1 Å². The first-order chi connectivity index (χ1) is 12.6. The lowest BCUT2D eigenvalue weighted by molar-refractivity contribution is -0.136. The quantitative estimate of drug-likeness (QED) is 0.646. The fourth-order valence-corrected chi connectivity index (χ4v) is 2.96. The van der Waals surface area contributed by atoms with E-state index in [4.69, 9.17) is 0 Å². The number of carboxylic acid groups (broad SMARTS) is 1. The third-order valence-corrected chi connectivity index (χ3v) is 4.23. The lowest BCUT2D eigenvalue weighted by Gasteiger charge is -2.14. The molecule has 3 rings (SSSR count). The Kier molecular flexibility index (Phi) is 5.64. The minimum atomic E-state index is -1.05. The average molecular weight is 349 g/mol. The Morgan fingerprint density at radius 3 is 2.23 bits per heavy atom. The average Bonchev–Trinajstić information content (AvgIpc) is 2.66. The number of hydrogen-bond acceptors (Lipinski definition) is 2. The Morgan fingerprint density at radius 1 is 0.923 bits per heavy atom. The van der Waals surface area contributed by atoms with Crippen LogP contribution >= 0.6 is 0 Å². The van der Waals surface area contributed by atoms with E-state index in [1.54, 1.807) is 12.1 Å². The van der Waals surface area contributed by atoms with Crippen molar-refractivity contribution in [3.63, 3.8) is 0 Å². The van der Waals surface area contributed by atoms with Gasteiger partial charge in [-0.1, -0.05) is 66.7 Å². The summed E-state index contributed by atoms with van der Waals surface area (Å²) in [5, 5.41) is 12.3. The fourth-order valence-electron chi connectivity index (χ4n) is 2.96. The molecule has 132 valence electrons. The van der Waals surface area contributed by atoms with Gasteiger partial charge in [0.25, 0.3) is 0 Å². The van der Waals surface area contributed by atoms with Gasteiger partial charge in [0.05, 0.1) is 12.1 Å². The molecule has 4 heteroatoms. The SMILES string of the molecule is O=C(O)Cc1c(-c2ccccc2)ccc(NCCc2ccccc2)c1F. The lowest BCUT2D eigenvalue weighted by Crippen LogP contribution is -2.10. The summed E-state index contributed by atoms with van der Waals surface area (Å²) in [6, 6.07) is 22.7. The molecule has 3 nitrogen and oxygen atoms in total. The van der Waals surface area contributed by atoms with Gasteiger partial charge in [-0.3, -0.25) is 4.79 Å². The van der Waals surface area contributed by atoms with Crippen LogP contribution < -0.4 is 5.32 Å². The monoisotopic (exact) mass is 349 g/mol. The Hall–Kier alpha value is -3.14. The lowest BCUT2D eigenvalue weighted by atomic mass is 9.96. The summed E-state index contributed by atoms with van der Waals surface area (Å²) < 4.78 is 15.0. The van der Waals surface area contributed by atoms with Gasteiger partial charge in [-0.15, -0.1) is 0 Å². The zero-order valence-electron chi connectivity index (χ0n) is 14.3. The van der Waals surface area contributed by atoms with Crippen LogP contribution in [0.5, 0.6) is 0 Å². The van der Waals surface area contributed by atoms with Gasteiger partial charge in [0, 0.05) is 12.1 Å². The van der Waals surface area contributed by atoms with E-state index >= 15 is 0 Å². The third-order valence-electron chi connectivity index (χ3n) is 4.23. The molecule has 0 saturated carbocycles. The maximum atomic E-state index is 15.0. The predicted octanol–water partition coefficient (Wildman–Crippen LogP) is 4.77. The van der Waals surface area contributed by atoms with Crippen LogP contribution in [0.3, 0.4) is 0 Å². The van der Waals surface area contributed by atoms with Gasteiger partial charge in [0.15, 0.2) is 5.82 Å². The van der Waals surface area contributed by atoms with Crippen LogP contribution in [0.2, 0.25) is 0 Å². The number of aliphatic carboxylic acids is 1. The molecule has 3 aromatic carbocycles. The van der Waals surface area contributed by atoms with Crippen LogP contribution in [0.15, 0.2) is 72.8 Å². The molecule has 0 aliphatic heterocycles. The van der Waals surface area contributed by atoms with E-state index in [2.05, 4.69) is 5.32 Å². The summed E-state index contributed by atoms with van der Waals surface area (Å²) in [7, 11) is 0. The molecule has 0 aliphatic rings. The zero-order chi connectivity index (χ0) is 18.4. The van der Waals surface area contributed by atoms with Gasteiger partial charge >= 0.3 is 5.97 Å². The highest BCUT2D eigenvalue weighted by Gasteiger charge is 2.17. The van der Waals surface area contributed by atoms with Gasteiger partial charge in [-0.2, -0.15) is 0 Å². The van der Waals surface area contributed by atoms with Crippen LogP contribution in [0.1, 0.15) is 11.1 Å². The van der Waals surface area contributed by atoms with E-state index in [-0.39, 0.29) is 12.0 Å². The highest BCUT2D eigenvalue weighted by molar-refractivity contribution is 5.78. The van der Waals surface area contributed by atoms with Crippen molar-refractivity contribution in [2.24, 2.45) is 0 Å². The first-order valence-electron chi connectivity index (χ1n) is 8.51. The maximum Gasteiger partial charge on any atom is 0.307 e. The summed E-state index contributed by atoms with van der Waals surface area (Å²) in [4.78, 5) is 11.2. The highest BCUT2D eigenvalue weighted by atomic mass is 19.1. The number of carboxylic acids is 1. The predicted molar refractivity (Wildman–Crippen MR) is 102 cm³/mol. The second kappa shape index (κ2) is 8.30. The van der Waals surface area contributed by atoms with Crippen molar-refractivity contribution in [2.75, 3.05) is 11.9 Å². The van der Waals surface area contributed by atoms with Crippen molar-refractivity contribution in [3.05, 3.63) is 89.7 Å². The van der Waals surface area contributed by atoms with Crippen LogP contribution in [0, 0.1) is 5.82 Å². The van der Waals surface area contributed by atoms with Crippen molar-refractivity contribution in [3.8, 4) is 11.1 Å². The largest absolute Gasteiger partial charge is 0.481 e. The van der Waals surface area contributed by atoms with Crippen LogP contribution in [-0.4, -0.2) is 17.6 Å². The zero-order valence-corrected chi connectivity index (χ0v) is 14.3. The van der Waals surface area contributed by atoms with E-state index in [1.807, 2.05) is 60.7 Å². The van der Waals surface area contributed by atoms with Crippen molar-refractivity contribution in [1.29, 1.82) is 0 Å². The van der Waals surface area contributed by atoms with Gasteiger partial charge in [-0.05, 0) is 29.2 Å². The van der Waals surface area contributed by atoms with E-state index in [9.17, 15) is 14.3 Å². The van der Waals surface area contributed by atoms with Crippen molar-refractivity contribution in [1.82, 2.24) is 0 Å². The number of rotatable bonds is 7. The van der Waals surface area contributed by atoms with E-state index < -0.39 is 11.8 Å². The van der Waals surface area contributed by atoms with Crippen LogP contribution in [0.4, 0.5) is 10.1 Å². The number of halogens is 1. The van der Waals surface area contributed by atoms with E-state index in [0.717, 1.165) is 17.5 Å². The minimum Gasteiger partial charge on any atom is -0.481 e. The molecule has 0 aromatic heterocycles. The highest BCUT2D eigenvalue weighted by Crippen LogP contribution is 2.30. The topological polar surface area (TPSA) is 49.3 Å². The normalized spacial score (nSPS) is 10.5. The molecule has 0 fully saturated rings. The summed E-state index contributed by atoms with van der Waals surface area (Å²) in [5.41, 5.74) is 3.11. The first-order valence-corrected chi connectivity index (χ1v) is 8.51. The standard InChI is InChI=1S/C22H20FNO2/c23-22-19(15-21(25)26)18(17-9-5-2-6-10-17)11-12-20(22)24-14-13-16-7-3-1-4-8-16/h1-12,24H,13-15H2,(H,25,26). The fraction of sp³-hybridized carbons (Fsp3) is 0.136. The summed E-state index contributed by atoms with van der Waals surface area (Å²) in [5.74, 6) is -1.55. The van der Waals surface area contributed by atoms with Gasteiger partial charge in [0.2, 0.25) is 0 Å². The number of carbonyl (C=O) groups is 1. The molecular weight excluding hydrogens is 329 g/mol. The molecule has 0 heterocycles. The maximum absolute atomic E-state index is 15.0. The molecule has 2 N–H and O–H groups in total. The van der Waals surface area contributed by atoms with Crippen LogP contribution in [-0.2, 0) is 17.6 Å². The molecule has 0 aliphatic carbocycles. The molecule has 0 bridgehead atoms. The van der Waals surface area contributed by atoms with Gasteiger partial charge < -0.3 is 10.4 Å². The molecule has 0 radical (unpaired) electrons. The second-order valence-corrected chi connectivity index (χ2v) is 6.05. The molecule has 0 amide bonds. The number of hydrogen-bond donors (Lipinski definition) is 2. The van der Waals surface area contributed by atoms with Gasteiger partial charge in [-0.25, -0.2) is 4.39 Å². The summed E-state index contributed by atoms with van der Waals surface area (Å²) in [6.45, 7) is 0.568. The minimum absolute atomic E-state index is 0.202. The molecule has 0 atom stereocenters. The first kappa shape index (κ1) is 17.7. The number of nitrogens with one attached hydrogen (secondary N) is 1. The molecule has 3 aromatic rings. The second-order valence-electron chi connectivity index (χ2n) is 6.05. The number of anilines is 1. The molecular formula is C22H20FNO2. The van der Waals surface area contributed by atoms with Crippen molar-refractivity contribution >= 4 is 11.7 Å². The number of benzene rings is 3. The molecule has 0 unspecified atom stereocenters. The molecule has 0 spiro atoms. The molecule has 26 heavy (non-hydrogen) atoms. The van der Waals surface area contributed by atoms with E-state index in [0.29, 0.717) is 17.8 Å². The Morgan fingerprint density at radius 2 is 1.58 bits per heavy atom. The Bertz CT molecular complexity index is 879. The van der Waals surface area contributed by atoms with Crippen molar-refractivity contribution in [2.45, 2.75) is 12.8 Å². The molecule has 0 saturated heterocycles. The van der Waals surface area contributed by atoms with E-state index in [1.165, 1.54) is 0 Å². The third kappa shape index (κ3) is 4.28. The summed E-state index contributed by atoms with van der Waals surface area (Å²) >= 11 is 0. The smallest absolute Gasteiger partial charge is 0.307 e. The van der Waals surface area contributed by atoms with Gasteiger partial charge in [0.1, 0.15) is 0 Å².